The predicted octanol–water partition coefficient (Wildman–Crippen LogP) is -5.31. The van der Waals surface area contributed by atoms with Crippen LogP contribution in [0.2, 0.25) is 0 Å². The molecule has 0 aromatic rings. The monoisotopic (exact) mass is 567 g/mol. The lowest BCUT2D eigenvalue weighted by molar-refractivity contribution is -0.285. The highest BCUT2D eigenvalue weighted by Crippen LogP contribution is 2.36. The number of phosphoric ester groups is 1. The number of aliphatic hydroxyl groups excluding tert-OH is 4. The van der Waals surface area contributed by atoms with Gasteiger partial charge in [0, 0.05) is 12.2 Å². The third kappa shape index (κ3) is 13.4. The molecule has 0 aromatic heterocycles. The van der Waals surface area contributed by atoms with Crippen molar-refractivity contribution in [2.24, 2.45) is 5.73 Å². The number of aliphatic carboxylic acids is 2. The van der Waals surface area contributed by atoms with E-state index in [1.165, 1.54) is 0 Å². The average Bonchev–Trinajstić information content (AvgIpc) is 2.79. The third-order valence-electron chi connectivity index (χ3n) is 4.34. The van der Waals surface area contributed by atoms with Crippen LogP contribution in [0.15, 0.2) is 0 Å². The molecule has 1 rings (SSSR count). The number of carboxylic acid groups (broad SMARTS) is 2. The lowest BCUT2D eigenvalue weighted by Gasteiger charge is -2.38. The summed E-state index contributed by atoms with van der Waals surface area (Å²) in [6.07, 6.45) is -8.34. The van der Waals surface area contributed by atoms with Gasteiger partial charge in [0.05, 0.1) is 6.61 Å². The molecule has 36 heavy (non-hydrogen) atoms. The first-order valence-corrected chi connectivity index (χ1v) is 12.1. The summed E-state index contributed by atoms with van der Waals surface area (Å²) in [5, 5.41) is 58.1. The van der Waals surface area contributed by atoms with Gasteiger partial charge in [-0.05, 0) is 6.42 Å². The molecule has 18 nitrogen and oxygen atoms in total. The summed E-state index contributed by atoms with van der Waals surface area (Å²) in [5.41, 5.74) is 5.23. The number of phosphoric acid groups is 1. The summed E-state index contributed by atoms with van der Waals surface area (Å²) < 4.78 is 19.0. The Hall–Kier alpha value is -1.90. The number of nitrogens with one attached hydrogen (secondary N) is 2. The van der Waals surface area contributed by atoms with Gasteiger partial charge in [0.25, 0.3) is 0 Å². The van der Waals surface area contributed by atoms with E-state index in [2.05, 4.69) is 32.5 Å². The fraction of sp³-hybridized carbons (Fsp3) is 0.750. The van der Waals surface area contributed by atoms with Gasteiger partial charge in [-0.15, -0.1) is 0 Å². The number of thiol groups is 1. The van der Waals surface area contributed by atoms with Gasteiger partial charge in [0.2, 0.25) is 11.8 Å². The number of rotatable bonds is 12. The Labute approximate surface area is 209 Å². The van der Waals surface area contributed by atoms with E-state index in [1.54, 1.807) is 0 Å². The number of hydrogen-bond acceptors (Lipinski definition) is 13. The minimum Gasteiger partial charge on any atom is -0.480 e. The smallest absolute Gasteiger partial charge is 0.469 e. The molecule has 1 aliphatic heterocycles. The zero-order chi connectivity index (χ0) is 28.2. The average molecular weight is 567 g/mol. The Balaban J connectivity index is 0.000000696. The highest BCUT2D eigenvalue weighted by Gasteiger charge is 2.43. The fourth-order valence-electron chi connectivity index (χ4n) is 2.40. The van der Waals surface area contributed by atoms with Crippen LogP contribution in [0, 0.1) is 0 Å². The van der Waals surface area contributed by atoms with Crippen molar-refractivity contribution in [1.82, 2.24) is 10.6 Å². The van der Waals surface area contributed by atoms with E-state index in [9.17, 15) is 34.0 Å². The summed E-state index contributed by atoms with van der Waals surface area (Å²) in [6, 6.07) is -2.15. The molecule has 0 saturated carbocycles. The van der Waals surface area contributed by atoms with Crippen LogP contribution in [0.3, 0.4) is 0 Å². The largest absolute Gasteiger partial charge is 0.480 e. The summed E-state index contributed by atoms with van der Waals surface area (Å²) >= 11 is 3.87. The van der Waals surface area contributed by atoms with Crippen molar-refractivity contribution in [2.75, 3.05) is 18.9 Å². The molecular formula is C16H30N3O15PS. The van der Waals surface area contributed by atoms with Gasteiger partial charge < -0.3 is 61.5 Å². The summed E-state index contributed by atoms with van der Waals surface area (Å²) in [5.74, 6) is -3.70. The number of aliphatic hydroxyl groups is 4. The van der Waals surface area contributed by atoms with Crippen LogP contribution in [0.25, 0.3) is 0 Å². The van der Waals surface area contributed by atoms with Gasteiger partial charge in [-0.3, -0.25) is 23.7 Å². The van der Waals surface area contributed by atoms with Crippen LogP contribution in [-0.4, -0.2) is 126 Å². The van der Waals surface area contributed by atoms with E-state index in [0.29, 0.717) is 0 Å². The topological polar surface area (TPSA) is 316 Å². The van der Waals surface area contributed by atoms with E-state index in [1.807, 2.05) is 0 Å². The van der Waals surface area contributed by atoms with Crippen LogP contribution >= 0.6 is 20.5 Å². The molecular weight excluding hydrogens is 537 g/mol. The van der Waals surface area contributed by atoms with Gasteiger partial charge in [-0.25, -0.2) is 4.57 Å². The molecule has 0 bridgehead atoms. The Kier molecular flexibility index (Phi) is 15.2. The first-order chi connectivity index (χ1) is 16.5. The van der Waals surface area contributed by atoms with Gasteiger partial charge >= 0.3 is 19.8 Å². The first kappa shape index (κ1) is 34.1. The van der Waals surface area contributed by atoms with Gasteiger partial charge in [-0.1, -0.05) is 0 Å². The van der Waals surface area contributed by atoms with E-state index in [0.717, 1.165) is 0 Å². The number of carbonyl (C=O) groups is 4. The van der Waals surface area contributed by atoms with Gasteiger partial charge in [0.15, 0.2) is 6.29 Å². The van der Waals surface area contributed by atoms with Crippen LogP contribution in [-0.2, 0) is 33.0 Å². The zero-order valence-electron chi connectivity index (χ0n) is 18.5. The second kappa shape index (κ2) is 16.0. The van der Waals surface area contributed by atoms with Gasteiger partial charge in [0.1, 0.15) is 43.0 Å². The minimum atomic E-state index is -4.73. The molecule has 0 radical (unpaired) electrons. The van der Waals surface area contributed by atoms with Crippen LogP contribution in [0.5, 0.6) is 0 Å². The number of hydrogen-bond donors (Lipinski definition) is 12. The Bertz CT molecular complexity index is 799. The van der Waals surface area contributed by atoms with Crippen LogP contribution < -0.4 is 16.4 Å². The fourth-order valence-corrected chi connectivity index (χ4v) is 2.99. The van der Waals surface area contributed by atoms with Crippen molar-refractivity contribution < 1.29 is 73.4 Å². The quantitative estimate of drug-likeness (QED) is 0.0773. The van der Waals surface area contributed by atoms with Crippen molar-refractivity contribution in [3.05, 3.63) is 0 Å². The minimum absolute atomic E-state index is 0.0256. The molecule has 20 heteroatoms. The molecule has 1 aliphatic rings. The SMILES string of the molecule is N[C@@H](CCC(=O)N[C@@H](CS)C(=O)NCC(=O)O)C(=O)O.O=P(O)(O)OC[C@H]1OC(O)[C@H](O)[C@@H](O)[C@@H]1O. The Morgan fingerprint density at radius 3 is 2.11 bits per heavy atom. The van der Waals surface area contributed by atoms with Crippen molar-refractivity contribution in [3.8, 4) is 0 Å². The highest BCUT2D eigenvalue weighted by molar-refractivity contribution is 7.80. The number of carboxylic acids is 2. The standard InChI is InChI=1S/C10H17N3O6S.C6H13O9P/c11-5(10(18)19)1-2-7(14)13-6(4-20)9(17)12-3-8(15)16;7-3-2(1-14-16(11,12)13)15-6(10)5(9)4(3)8/h5-6,20H,1-4,11H2,(H,12,17)(H,13,14)(H,15,16)(H,18,19);2-10H,1H2,(H2,11,12,13)/t5-,6-;2-,3-,4+,5-,6?/m01/s1. The molecule has 1 saturated heterocycles. The van der Waals surface area contributed by atoms with Crippen molar-refractivity contribution >= 4 is 44.2 Å². The summed E-state index contributed by atoms with van der Waals surface area (Å²) in [4.78, 5) is 60.5. The van der Waals surface area contributed by atoms with E-state index < -0.39 is 87.5 Å². The van der Waals surface area contributed by atoms with E-state index in [4.69, 9.17) is 35.9 Å². The maximum absolute atomic E-state index is 11.5. The molecule has 12 N–H and O–H groups in total. The molecule has 210 valence electrons. The van der Waals surface area contributed by atoms with E-state index >= 15 is 0 Å². The second-order valence-corrected chi connectivity index (χ2v) is 8.83. The molecule has 7 atom stereocenters. The molecule has 2 amide bonds. The normalized spacial score (nSPS) is 25.5. The second-order valence-electron chi connectivity index (χ2n) is 7.22. The predicted molar refractivity (Wildman–Crippen MR) is 118 cm³/mol. The lowest BCUT2D eigenvalue weighted by atomic mass is 10.00. The highest BCUT2D eigenvalue weighted by atomic mass is 32.1. The molecule has 0 aliphatic carbocycles. The Morgan fingerprint density at radius 1 is 1.06 bits per heavy atom. The maximum atomic E-state index is 11.5. The molecule has 1 unspecified atom stereocenters. The molecule has 1 heterocycles. The van der Waals surface area contributed by atoms with E-state index in [-0.39, 0.29) is 18.6 Å². The maximum Gasteiger partial charge on any atom is 0.469 e. The van der Waals surface area contributed by atoms with Crippen molar-refractivity contribution in [3.63, 3.8) is 0 Å². The number of amides is 2. The molecule has 0 spiro atoms. The summed E-state index contributed by atoms with van der Waals surface area (Å²) in [6.45, 7) is -1.30. The van der Waals surface area contributed by atoms with Crippen LogP contribution in [0.4, 0.5) is 0 Å². The Morgan fingerprint density at radius 2 is 1.64 bits per heavy atom. The molecule has 1 fully saturated rings. The number of carbonyl (C=O) groups excluding carboxylic acids is 2. The first-order valence-electron chi connectivity index (χ1n) is 9.96. The lowest BCUT2D eigenvalue weighted by Crippen LogP contribution is -2.58. The number of ether oxygens (including phenoxy) is 1. The zero-order valence-corrected chi connectivity index (χ0v) is 20.3. The van der Waals surface area contributed by atoms with Gasteiger partial charge in [-0.2, -0.15) is 12.6 Å². The number of nitrogens with two attached hydrogens (primary N) is 1. The summed E-state index contributed by atoms with van der Waals surface area (Å²) in [7, 11) is -4.73. The third-order valence-corrected chi connectivity index (χ3v) is 5.19. The molecule has 0 aromatic carbocycles. The van der Waals surface area contributed by atoms with Crippen molar-refractivity contribution in [1.29, 1.82) is 0 Å². The van der Waals surface area contributed by atoms with Crippen molar-refractivity contribution in [2.45, 2.75) is 55.6 Å². The van der Waals surface area contributed by atoms with Crippen LogP contribution in [0.1, 0.15) is 12.8 Å².